The van der Waals surface area contributed by atoms with Crippen molar-refractivity contribution in [2.75, 3.05) is 19.8 Å². The van der Waals surface area contributed by atoms with Gasteiger partial charge >= 0.3 is 15.6 Å². The first-order chi connectivity index (χ1) is 15.8. The van der Waals surface area contributed by atoms with E-state index in [2.05, 4.69) is 18.2 Å². The molecule has 0 aliphatic rings. The average Bonchev–Trinajstić information content (AvgIpc) is 2.72. The fraction of sp³-hybridized carbons (Fsp3) is 1.00. The van der Waals surface area contributed by atoms with Crippen molar-refractivity contribution >= 4 is 15.6 Å². The quantitative estimate of drug-likeness (QED) is 0.0833. The molecule has 8 N–H and O–H groups in total. The van der Waals surface area contributed by atoms with Crippen LogP contribution in [0.3, 0.4) is 0 Å². The molecule has 0 spiro atoms. The summed E-state index contributed by atoms with van der Waals surface area (Å²) in [6.07, 6.45) is 14.6. The molecule has 0 radical (unpaired) electrons. The summed E-state index contributed by atoms with van der Waals surface area (Å²) in [5, 5.41) is 40.6. The molecule has 0 fully saturated rings. The van der Waals surface area contributed by atoms with Gasteiger partial charge in [0.1, 0.15) is 0 Å². The molecule has 0 aromatic rings. The molecule has 0 unspecified atom stereocenters. The summed E-state index contributed by atoms with van der Waals surface area (Å²) in [5.41, 5.74) is -2.40. The van der Waals surface area contributed by atoms with Gasteiger partial charge in [-0.2, -0.15) is 4.31 Å². The molecule has 13 heteroatoms. The Hall–Kier alpha value is 0.100. The highest BCUT2D eigenvalue weighted by atomic mass is 31.3. The summed E-state index contributed by atoms with van der Waals surface area (Å²) in [7, 11) is -10.1. The van der Waals surface area contributed by atoms with Crippen molar-refractivity contribution in [3.05, 3.63) is 0 Å². The molecule has 0 heterocycles. The van der Waals surface area contributed by atoms with Gasteiger partial charge in [-0.1, -0.05) is 90.9 Å². The van der Waals surface area contributed by atoms with E-state index in [1.165, 1.54) is 38.5 Å². The van der Waals surface area contributed by atoms with Crippen molar-refractivity contribution in [2.24, 2.45) is 5.41 Å². The number of phosphoric acid groups is 2. The summed E-state index contributed by atoms with van der Waals surface area (Å²) in [5.74, 6) is 0. The number of rotatable bonds is 20. The highest BCUT2D eigenvalue weighted by molar-refractivity contribution is 7.60. The van der Waals surface area contributed by atoms with Crippen LogP contribution in [-0.2, 0) is 13.4 Å². The zero-order chi connectivity index (χ0) is 26.7. The van der Waals surface area contributed by atoms with Crippen LogP contribution in [-0.4, -0.2) is 65.4 Å². The van der Waals surface area contributed by atoms with Crippen LogP contribution in [0.15, 0.2) is 0 Å². The molecule has 208 valence electrons. The van der Waals surface area contributed by atoms with Gasteiger partial charge in [0.05, 0.1) is 30.8 Å². The highest BCUT2D eigenvalue weighted by Crippen LogP contribution is 2.53. The van der Waals surface area contributed by atoms with Crippen molar-refractivity contribution in [2.45, 2.75) is 109 Å². The van der Waals surface area contributed by atoms with E-state index >= 15 is 0 Å². The normalized spacial score (nSPS) is 13.0. The van der Waals surface area contributed by atoms with E-state index in [-0.39, 0.29) is 19.8 Å². The van der Waals surface area contributed by atoms with E-state index in [4.69, 9.17) is 19.6 Å². The van der Waals surface area contributed by atoms with Crippen molar-refractivity contribution < 1.29 is 53.4 Å². The Morgan fingerprint density at radius 3 is 1.12 bits per heavy atom. The summed E-state index contributed by atoms with van der Waals surface area (Å²) in [6.45, 7) is 3.22. The largest absolute Gasteiger partial charge is 0.478 e. The molecule has 34 heavy (non-hydrogen) atoms. The van der Waals surface area contributed by atoms with Gasteiger partial charge in [0.2, 0.25) is 0 Å². The minimum atomic E-state index is -5.05. The minimum absolute atomic E-state index is 0.387. The first-order valence-corrected chi connectivity index (χ1v) is 15.2. The second-order valence-corrected chi connectivity index (χ2v) is 11.5. The van der Waals surface area contributed by atoms with Gasteiger partial charge in [-0.3, -0.25) is 0 Å². The molecule has 11 nitrogen and oxygen atoms in total. The standard InChI is InChI=1S/C21H44O4.H4O7P2/c1-3-5-7-9-11-13-15-21(25,20(17-22,18-23)19-24)16-14-12-10-8-6-4-2;1-8(2,3)7-9(4,5)6/h22-25H,3-19H2,1-2H3;(H2,1,2,3)(H2,4,5,6). The van der Waals surface area contributed by atoms with E-state index in [1.54, 1.807) is 0 Å². The number of hydrogen-bond donors (Lipinski definition) is 8. The van der Waals surface area contributed by atoms with Crippen LogP contribution >= 0.6 is 15.6 Å². The van der Waals surface area contributed by atoms with Crippen LogP contribution in [0.1, 0.15) is 104 Å². The fourth-order valence-electron chi connectivity index (χ4n) is 3.78. The Morgan fingerprint density at radius 2 is 0.882 bits per heavy atom. The van der Waals surface area contributed by atoms with Gasteiger partial charge in [-0.05, 0) is 12.8 Å². The van der Waals surface area contributed by atoms with Crippen LogP contribution < -0.4 is 0 Å². The van der Waals surface area contributed by atoms with E-state index in [0.29, 0.717) is 12.8 Å². The lowest BCUT2D eigenvalue weighted by atomic mass is 9.68. The summed E-state index contributed by atoms with van der Waals surface area (Å²) in [6, 6.07) is 0. The van der Waals surface area contributed by atoms with Crippen molar-refractivity contribution in [1.29, 1.82) is 0 Å². The van der Waals surface area contributed by atoms with E-state index in [1.807, 2.05) is 0 Å². The highest BCUT2D eigenvalue weighted by Gasteiger charge is 2.48. The topological polar surface area (TPSA) is 205 Å². The Kier molecular flexibility index (Phi) is 20.5. The molecule has 0 atom stereocenters. The Morgan fingerprint density at radius 1 is 0.588 bits per heavy atom. The molecular formula is C21H48O11P2. The van der Waals surface area contributed by atoms with E-state index in [9.17, 15) is 29.6 Å². The maximum atomic E-state index is 11.2. The number of aliphatic hydroxyl groups excluding tert-OH is 3. The Bertz CT molecular complexity index is 529. The predicted molar refractivity (Wildman–Crippen MR) is 130 cm³/mol. The summed E-state index contributed by atoms with van der Waals surface area (Å²) in [4.78, 5) is 31.0. The third-order valence-corrected chi connectivity index (χ3v) is 7.70. The number of aliphatic hydroxyl groups is 4. The Labute approximate surface area is 204 Å². The lowest BCUT2D eigenvalue weighted by molar-refractivity contribution is -0.162. The van der Waals surface area contributed by atoms with Crippen molar-refractivity contribution in [1.82, 2.24) is 0 Å². The molecule has 0 saturated heterocycles. The number of unbranched alkanes of at least 4 members (excludes halogenated alkanes) is 10. The zero-order valence-electron chi connectivity index (χ0n) is 20.7. The fourth-order valence-corrected chi connectivity index (χ4v) is 4.89. The van der Waals surface area contributed by atoms with Crippen molar-refractivity contribution in [3.63, 3.8) is 0 Å². The summed E-state index contributed by atoms with van der Waals surface area (Å²) < 4.78 is 22.2. The molecular weight excluding hydrogens is 490 g/mol. The molecule has 0 amide bonds. The molecule has 0 aromatic carbocycles. The van der Waals surface area contributed by atoms with Gasteiger partial charge in [0.15, 0.2) is 0 Å². The average molecular weight is 539 g/mol. The Balaban J connectivity index is 0. The third kappa shape index (κ3) is 17.5. The van der Waals surface area contributed by atoms with Crippen LogP contribution in [0.2, 0.25) is 0 Å². The molecule has 0 aliphatic heterocycles. The minimum Gasteiger partial charge on any atom is -0.395 e. The van der Waals surface area contributed by atoms with Crippen LogP contribution in [0.5, 0.6) is 0 Å². The third-order valence-electron chi connectivity index (χ3n) is 6.00. The zero-order valence-corrected chi connectivity index (χ0v) is 22.5. The van der Waals surface area contributed by atoms with Gasteiger partial charge in [0.25, 0.3) is 0 Å². The smallest absolute Gasteiger partial charge is 0.395 e. The SMILES string of the molecule is CCCCCCCCC(O)(CCCCCCCC)C(CO)(CO)CO.O=P(O)(O)OP(=O)(O)O. The van der Waals surface area contributed by atoms with Crippen molar-refractivity contribution in [3.8, 4) is 0 Å². The van der Waals surface area contributed by atoms with E-state index < -0.39 is 26.7 Å². The van der Waals surface area contributed by atoms with Gasteiger partial charge in [-0.15, -0.1) is 0 Å². The summed E-state index contributed by atoms with van der Waals surface area (Å²) >= 11 is 0. The van der Waals surface area contributed by atoms with Gasteiger partial charge in [-0.25, -0.2) is 9.13 Å². The first-order valence-electron chi connectivity index (χ1n) is 12.1. The molecule has 0 rings (SSSR count). The predicted octanol–water partition coefficient (Wildman–Crippen LogP) is 3.37. The lowest BCUT2D eigenvalue weighted by Crippen LogP contribution is -2.55. The monoisotopic (exact) mass is 538 g/mol. The molecule has 0 bridgehead atoms. The number of hydrogen-bond acceptors (Lipinski definition) is 7. The second kappa shape index (κ2) is 19.2. The second-order valence-electron chi connectivity index (χ2n) is 8.88. The lowest BCUT2D eigenvalue weighted by Gasteiger charge is -2.44. The maximum absolute atomic E-state index is 11.2. The van der Waals surface area contributed by atoms with Crippen LogP contribution in [0, 0.1) is 5.41 Å². The van der Waals surface area contributed by atoms with Gasteiger partial charge < -0.3 is 40.0 Å². The van der Waals surface area contributed by atoms with Crippen LogP contribution in [0.25, 0.3) is 0 Å². The molecule has 0 aliphatic carbocycles. The molecule has 0 saturated carbocycles. The van der Waals surface area contributed by atoms with Crippen LogP contribution in [0.4, 0.5) is 0 Å². The maximum Gasteiger partial charge on any atom is 0.478 e. The first kappa shape index (κ1) is 36.3. The van der Waals surface area contributed by atoms with Gasteiger partial charge in [0, 0.05) is 0 Å². The van der Waals surface area contributed by atoms with E-state index in [0.717, 1.165) is 38.5 Å². The molecule has 0 aromatic heterocycles.